The molecule has 7 rings (SSSR count). The van der Waals surface area contributed by atoms with Crippen LogP contribution in [0.15, 0.2) is 24.3 Å². The van der Waals surface area contributed by atoms with Gasteiger partial charge in [0.1, 0.15) is 0 Å². The van der Waals surface area contributed by atoms with E-state index >= 15 is 0 Å². The smallest absolute Gasteiger partial charge is 0.0406 e. The molecule has 0 unspecified atom stereocenters. The Balaban J connectivity index is 1.28. The molecule has 6 saturated carbocycles. The second kappa shape index (κ2) is 5.99. The predicted octanol–water partition coefficient (Wildman–Crippen LogP) is 6.34. The van der Waals surface area contributed by atoms with Crippen LogP contribution in [0.4, 0.5) is 0 Å². The van der Waals surface area contributed by atoms with Crippen molar-refractivity contribution in [3.63, 3.8) is 0 Å². The van der Waals surface area contributed by atoms with E-state index < -0.39 is 0 Å². The molecule has 0 spiro atoms. The van der Waals surface area contributed by atoms with Crippen molar-refractivity contribution in [3.05, 3.63) is 34.9 Å². The molecule has 146 valence electrons. The van der Waals surface area contributed by atoms with E-state index in [0.29, 0.717) is 16.9 Å². The molecule has 1 aromatic carbocycles. The SMILES string of the molecule is C[C@@H](N[C@H]1C[C@H]2CC[C@H]1C2)C12C[C@H]3C[C@@H](CC(c4ccc(Cl)cc4)(C3)C1)C2. The Morgan fingerprint density at radius 2 is 1.67 bits per heavy atom. The fourth-order valence-electron chi connectivity index (χ4n) is 8.93. The van der Waals surface area contributed by atoms with Gasteiger partial charge in [-0.25, -0.2) is 0 Å². The van der Waals surface area contributed by atoms with Crippen molar-refractivity contribution in [2.75, 3.05) is 0 Å². The Labute approximate surface area is 169 Å². The molecule has 0 aliphatic heterocycles. The molecule has 0 heterocycles. The van der Waals surface area contributed by atoms with Crippen molar-refractivity contribution in [2.24, 2.45) is 29.1 Å². The third-order valence-electron chi connectivity index (χ3n) is 9.68. The standard InChI is InChI=1S/C25H34ClN/c1-16(27-23-10-17-2-3-20(23)9-17)24-11-18-8-19(12-24)14-25(13-18,15-24)21-4-6-22(26)7-5-21/h4-7,16-20,23,27H,2-3,8-15H2,1H3/t16-,17+,18-,19-,20+,23+,24?,25?/m1/s1. The highest BCUT2D eigenvalue weighted by Gasteiger charge is 2.60. The molecule has 1 N–H and O–H groups in total. The summed E-state index contributed by atoms with van der Waals surface area (Å²) in [4.78, 5) is 0. The predicted molar refractivity (Wildman–Crippen MR) is 112 cm³/mol. The molecule has 2 heteroatoms. The summed E-state index contributed by atoms with van der Waals surface area (Å²) in [7, 11) is 0. The van der Waals surface area contributed by atoms with Gasteiger partial charge >= 0.3 is 0 Å². The topological polar surface area (TPSA) is 12.0 Å². The fourth-order valence-corrected chi connectivity index (χ4v) is 9.05. The van der Waals surface area contributed by atoms with Crippen LogP contribution in [-0.4, -0.2) is 12.1 Å². The Hall–Kier alpha value is -0.530. The van der Waals surface area contributed by atoms with Crippen LogP contribution >= 0.6 is 11.6 Å². The quantitative estimate of drug-likeness (QED) is 0.639. The Morgan fingerprint density at radius 1 is 0.926 bits per heavy atom. The average Bonchev–Trinajstić information content (AvgIpc) is 3.24. The normalized spacial score (nSPS) is 48.3. The summed E-state index contributed by atoms with van der Waals surface area (Å²) in [6.07, 6.45) is 14.7. The van der Waals surface area contributed by atoms with Gasteiger partial charge in [0.2, 0.25) is 0 Å². The number of halogens is 1. The average molecular weight is 384 g/mol. The molecule has 6 fully saturated rings. The summed E-state index contributed by atoms with van der Waals surface area (Å²) in [5.41, 5.74) is 2.54. The summed E-state index contributed by atoms with van der Waals surface area (Å²) in [5, 5.41) is 5.10. The molecular formula is C25H34ClN. The first-order valence-electron chi connectivity index (χ1n) is 11.6. The fraction of sp³-hybridized carbons (Fsp3) is 0.760. The highest BCUT2D eigenvalue weighted by Crippen LogP contribution is 2.67. The molecule has 0 aromatic heterocycles. The maximum Gasteiger partial charge on any atom is 0.0406 e. The summed E-state index contributed by atoms with van der Waals surface area (Å²) in [6.45, 7) is 2.55. The minimum absolute atomic E-state index is 0.430. The van der Waals surface area contributed by atoms with E-state index in [2.05, 4.69) is 36.5 Å². The lowest BCUT2D eigenvalue weighted by molar-refractivity contribution is -0.0903. The molecule has 6 aliphatic rings. The molecule has 27 heavy (non-hydrogen) atoms. The van der Waals surface area contributed by atoms with Gasteiger partial charge in [-0.05, 0) is 117 Å². The number of hydrogen-bond acceptors (Lipinski definition) is 1. The zero-order chi connectivity index (χ0) is 18.2. The monoisotopic (exact) mass is 383 g/mol. The van der Waals surface area contributed by atoms with Gasteiger partial charge in [-0.2, -0.15) is 0 Å². The minimum Gasteiger partial charge on any atom is -0.311 e. The molecule has 1 aromatic rings. The lowest BCUT2D eigenvalue weighted by atomic mass is 9.41. The van der Waals surface area contributed by atoms with Gasteiger partial charge in [-0.3, -0.25) is 0 Å². The van der Waals surface area contributed by atoms with Gasteiger partial charge in [-0.15, -0.1) is 0 Å². The molecule has 6 aliphatic carbocycles. The molecule has 0 saturated heterocycles. The van der Waals surface area contributed by atoms with Crippen molar-refractivity contribution in [3.8, 4) is 0 Å². The van der Waals surface area contributed by atoms with E-state index in [1.54, 1.807) is 5.56 Å². The van der Waals surface area contributed by atoms with E-state index in [1.807, 2.05) is 0 Å². The Morgan fingerprint density at radius 3 is 2.30 bits per heavy atom. The minimum atomic E-state index is 0.430. The maximum atomic E-state index is 6.21. The van der Waals surface area contributed by atoms with Gasteiger partial charge in [0.05, 0.1) is 0 Å². The van der Waals surface area contributed by atoms with Crippen LogP contribution < -0.4 is 5.32 Å². The molecule has 6 bridgehead atoms. The first kappa shape index (κ1) is 17.3. The second-order valence-corrected chi connectivity index (χ2v) is 11.7. The highest BCUT2D eigenvalue weighted by molar-refractivity contribution is 6.30. The largest absolute Gasteiger partial charge is 0.311 e. The van der Waals surface area contributed by atoms with E-state index in [9.17, 15) is 0 Å². The van der Waals surface area contributed by atoms with Gasteiger partial charge in [-0.1, -0.05) is 30.2 Å². The van der Waals surface area contributed by atoms with Gasteiger partial charge < -0.3 is 5.32 Å². The number of nitrogens with one attached hydrogen (secondary N) is 1. The van der Waals surface area contributed by atoms with Crippen molar-refractivity contribution < 1.29 is 0 Å². The summed E-state index contributed by atoms with van der Waals surface area (Å²) >= 11 is 6.21. The van der Waals surface area contributed by atoms with E-state index in [0.717, 1.165) is 34.7 Å². The molecule has 0 radical (unpaired) electrons. The Kier molecular flexibility index (Phi) is 3.84. The number of rotatable bonds is 4. The van der Waals surface area contributed by atoms with Crippen LogP contribution in [0.3, 0.4) is 0 Å². The van der Waals surface area contributed by atoms with Crippen molar-refractivity contribution in [1.29, 1.82) is 0 Å². The van der Waals surface area contributed by atoms with Gasteiger partial charge in [0.25, 0.3) is 0 Å². The van der Waals surface area contributed by atoms with E-state index in [4.69, 9.17) is 11.6 Å². The number of fused-ring (bicyclic) bond motifs is 2. The van der Waals surface area contributed by atoms with E-state index in [1.165, 1.54) is 64.2 Å². The summed E-state index contributed by atoms with van der Waals surface area (Å²) in [6, 6.07) is 10.4. The Bertz CT molecular complexity index is 710. The van der Waals surface area contributed by atoms with E-state index in [-0.39, 0.29) is 0 Å². The van der Waals surface area contributed by atoms with Crippen molar-refractivity contribution in [2.45, 2.75) is 88.6 Å². The number of hydrogen-bond donors (Lipinski definition) is 1. The summed E-state index contributed by atoms with van der Waals surface area (Å²) in [5.74, 6) is 3.92. The van der Waals surface area contributed by atoms with Crippen LogP contribution in [0, 0.1) is 29.1 Å². The summed E-state index contributed by atoms with van der Waals surface area (Å²) < 4.78 is 0. The molecule has 1 nitrogen and oxygen atoms in total. The first-order chi connectivity index (χ1) is 13.0. The zero-order valence-electron chi connectivity index (χ0n) is 16.7. The van der Waals surface area contributed by atoms with Crippen LogP contribution in [-0.2, 0) is 5.41 Å². The molecule has 0 amide bonds. The van der Waals surface area contributed by atoms with Crippen molar-refractivity contribution in [1.82, 2.24) is 5.32 Å². The van der Waals surface area contributed by atoms with Crippen LogP contribution in [0.1, 0.15) is 76.7 Å². The number of benzene rings is 1. The van der Waals surface area contributed by atoms with Crippen LogP contribution in [0.2, 0.25) is 5.02 Å². The van der Waals surface area contributed by atoms with Gasteiger partial charge in [0.15, 0.2) is 0 Å². The third-order valence-corrected chi connectivity index (χ3v) is 9.94. The molecule has 6 atom stereocenters. The highest BCUT2D eigenvalue weighted by atomic mass is 35.5. The van der Waals surface area contributed by atoms with Crippen LogP contribution in [0.5, 0.6) is 0 Å². The lowest BCUT2D eigenvalue weighted by Crippen LogP contribution is -2.61. The van der Waals surface area contributed by atoms with Crippen LogP contribution in [0.25, 0.3) is 0 Å². The molecular weight excluding hydrogens is 350 g/mol. The second-order valence-electron chi connectivity index (χ2n) is 11.3. The first-order valence-corrected chi connectivity index (χ1v) is 11.9. The maximum absolute atomic E-state index is 6.21. The van der Waals surface area contributed by atoms with Gasteiger partial charge in [0, 0.05) is 17.1 Å². The zero-order valence-corrected chi connectivity index (χ0v) is 17.5. The lowest BCUT2D eigenvalue weighted by Gasteiger charge is -2.64. The third kappa shape index (κ3) is 2.67. The van der Waals surface area contributed by atoms with Crippen molar-refractivity contribution >= 4 is 11.6 Å².